The minimum atomic E-state index is -4.40. The van der Waals surface area contributed by atoms with Crippen molar-refractivity contribution in [3.63, 3.8) is 0 Å². The molecule has 1 aromatic carbocycles. The maximum atomic E-state index is 12.6. The number of hydrogen-bond donors (Lipinski definition) is 2. The Labute approximate surface area is 105 Å². The Hall–Kier alpha value is -1.07. The molecule has 0 heterocycles. The summed E-state index contributed by atoms with van der Waals surface area (Å²) >= 11 is 0. The second kappa shape index (κ2) is 4.90. The van der Waals surface area contributed by atoms with Crippen molar-refractivity contribution >= 4 is 0 Å². The van der Waals surface area contributed by atoms with Crippen molar-refractivity contribution in [1.29, 1.82) is 0 Å². The highest BCUT2D eigenvalue weighted by Crippen LogP contribution is 2.33. The predicted molar refractivity (Wildman–Crippen MR) is 63.8 cm³/mol. The highest BCUT2D eigenvalue weighted by Gasteiger charge is 2.33. The van der Waals surface area contributed by atoms with Gasteiger partial charge in [-0.15, -0.1) is 0 Å². The van der Waals surface area contributed by atoms with E-state index in [4.69, 9.17) is 5.73 Å². The summed E-state index contributed by atoms with van der Waals surface area (Å²) in [6.45, 7) is 5.35. The monoisotopic (exact) mass is 261 g/mol. The second-order valence-electron chi connectivity index (χ2n) is 5.46. The van der Waals surface area contributed by atoms with Gasteiger partial charge in [0.15, 0.2) is 0 Å². The van der Waals surface area contributed by atoms with E-state index in [9.17, 15) is 18.3 Å². The van der Waals surface area contributed by atoms with Gasteiger partial charge < -0.3 is 10.8 Å². The first-order valence-electron chi connectivity index (χ1n) is 5.64. The lowest BCUT2D eigenvalue weighted by Crippen LogP contribution is -2.37. The first kappa shape index (κ1) is 15.0. The average molecular weight is 261 g/mol. The minimum absolute atomic E-state index is 0.284. The molecule has 0 saturated heterocycles. The van der Waals surface area contributed by atoms with E-state index in [1.54, 1.807) is 20.8 Å². The number of hydrogen-bond acceptors (Lipinski definition) is 2. The largest absolute Gasteiger partial charge is 0.416 e. The fourth-order valence-corrected chi connectivity index (χ4v) is 1.64. The number of halogens is 3. The van der Waals surface area contributed by atoms with E-state index in [0.29, 0.717) is 0 Å². The molecule has 0 unspecified atom stereocenters. The van der Waals surface area contributed by atoms with Crippen LogP contribution in [0.1, 0.15) is 37.9 Å². The zero-order chi connectivity index (χ0) is 14.1. The molecular weight excluding hydrogens is 243 g/mol. The van der Waals surface area contributed by atoms with Gasteiger partial charge in [0.1, 0.15) is 0 Å². The normalized spacial score (nSPS) is 16.4. The molecular formula is C13H18F3NO. The van der Waals surface area contributed by atoms with E-state index < -0.39 is 29.3 Å². The van der Waals surface area contributed by atoms with Gasteiger partial charge in [0, 0.05) is 0 Å². The van der Waals surface area contributed by atoms with Crippen LogP contribution in [-0.4, -0.2) is 11.2 Å². The molecule has 18 heavy (non-hydrogen) atoms. The van der Waals surface area contributed by atoms with Gasteiger partial charge >= 0.3 is 6.18 Å². The summed E-state index contributed by atoms with van der Waals surface area (Å²) in [5.41, 5.74) is 4.86. The Bertz CT molecular complexity index is 409. The third-order valence-electron chi connectivity index (χ3n) is 2.83. The highest BCUT2D eigenvalue weighted by molar-refractivity contribution is 5.28. The number of aliphatic hydroxyl groups excluding tert-OH is 1. The van der Waals surface area contributed by atoms with Crippen molar-refractivity contribution in [2.24, 2.45) is 11.1 Å². The molecule has 0 aliphatic carbocycles. The topological polar surface area (TPSA) is 46.2 Å². The lowest BCUT2D eigenvalue weighted by atomic mass is 9.82. The maximum absolute atomic E-state index is 12.6. The molecule has 0 saturated carbocycles. The Morgan fingerprint density at radius 1 is 1.17 bits per heavy atom. The van der Waals surface area contributed by atoms with Crippen LogP contribution in [-0.2, 0) is 6.18 Å². The summed E-state index contributed by atoms with van der Waals surface area (Å²) < 4.78 is 37.7. The van der Waals surface area contributed by atoms with E-state index in [1.165, 1.54) is 12.1 Å². The summed E-state index contributed by atoms with van der Waals surface area (Å²) in [4.78, 5) is 0. The number of aliphatic hydroxyl groups is 1. The van der Waals surface area contributed by atoms with E-state index in [2.05, 4.69) is 0 Å². The molecule has 0 spiro atoms. The molecule has 102 valence electrons. The third kappa shape index (κ3) is 3.46. The summed E-state index contributed by atoms with van der Waals surface area (Å²) in [6.07, 6.45) is -5.32. The Morgan fingerprint density at radius 2 is 1.72 bits per heavy atom. The van der Waals surface area contributed by atoms with Gasteiger partial charge in [0.25, 0.3) is 0 Å². The summed E-state index contributed by atoms with van der Waals surface area (Å²) in [7, 11) is 0. The molecule has 0 amide bonds. The molecule has 0 aromatic heterocycles. The van der Waals surface area contributed by atoms with Crippen LogP contribution in [0, 0.1) is 5.41 Å². The standard InChI is InChI=1S/C13H18F3NO/c1-12(2,3)11(18)10(17)8-5-4-6-9(7-8)13(14,15)16/h4-7,10-11,18H,17H2,1-3H3/t10-,11+/m1/s1. The highest BCUT2D eigenvalue weighted by atomic mass is 19.4. The van der Waals surface area contributed by atoms with Crippen LogP contribution in [0.15, 0.2) is 24.3 Å². The second-order valence-corrected chi connectivity index (χ2v) is 5.46. The SMILES string of the molecule is CC(C)(C)[C@@H](O)[C@H](N)c1cccc(C(F)(F)F)c1. The minimum Gasteiger partial charge on any atom is -0.391 e. The first-order chi connectivity index (χ1) is 8.03. The van der Waals surface area contributed by atoms with Gasteiger partial charge in [-0.2, -0.15) is 13.2 Å². The summed E-state index contributed by atoms with van der Waals surface area (Å²) in [5, 5.41) is 10.00. The summed E-state index contributed by atoms with van der Waals surface area (Å²) in [5.74, 6) is 0. The van der Waals surface area contributed by atoms with Crippen LogP contribution >= 0.6 is 0 Å². The van der Waals surface area contributed by atoms with E-state index >= 15 is 0 Å². The Morgan fingerprint density at radius 3 is 2.17 bits per heavy atom. The Kier molecular flexibility index (Phi) is 4.08. The van der Waals surface area contributed by atoms with E-state index in [-0.39, 0.29) is 5.56 Å². The number of alkyl halides is 3. The molecule has 2 atom stereocenters. The number of benzene rings is 1. The molecule has 0 radical (unpaired) electrons. The van der Waals surface area contributed by atoms with Gasteiger partial charge in [-0.05, 0) is 23.1 Å². The first-order valence-corrected chi connectivity index (χ1v) is 5.64. The van der Waals surface area contributed by atoms with Gasteiger partial charge in [-0.25, -0.2) is 0 Å². The zero-order valence-corrected chi connectivity index (χ0v) is 10.6. The van der Waals surface area contributed by atoms with Crippen LogP contribution < -0.4 is 5.73 Å². The van der Waals surface area contributed by atoms with Gasteiger partial charge in [0.05, 0.1) is 17.7 Å². The van der Waals surface area contributed by atoms with Gasteiger partial charge in [0.2, 0.25) is 0 Å². The van der Waals surface area contributed by atoms with Crippen molar-refractivity contribution in [3.05, 3.63) is 35.4 Å². The summed E-state index contributed by atoms with van der Waals surface area (Å²) in [6, 6.07) is 3.92. The maximum Gasteiger partial charge on any atom is 0.416 e. The zero-order valence-electron chi connectivity index (χ0n) is 10.6. The van der Waals surface area contributed by atoms with Crippen LogP contribution in [0.5, 0.6) is 0 Å². The van der Waals surface area contributed by atoms with Crippen LogP contribution in [0.2, 0.25) is 0 Å². The molecule has 0 fully saturated rings. The lowest BCUT2D eigenvalue weighted by molar-refractivity contribution is -0.137. The van der Waals surface area contributed by atoms with E-state index in [0.717, 1.165) is 12.1 Å². The number of rotatable bonds is 2. The van der Waals surface area contributed by atoms with Crippen molar-refractivity contribution < 1.29 is 18.3 Å². The fourth-order valence-electron chi connectivity index (χ4n) is 1.64. The lowest BCUT2D eigenvalue weighted by Gasteiger charge is -2.31. The molecule has 1 rings (SSSR count). The molecule has 5 heteroatoms. The fraction of sp³-hybridized carbons (Fsp3) is 0.538. The average Bonchev–Trinajstić information content (AvgIpc) is 2.25. The predicted octanol–water partition coefficient (Wildman–Crippen LogP) is 3.11. The van der Waals surface area contributed by atoms with Gasteiger partial charge in [-0.3, -0.25) is 0 Å². The molecule has 1 aromatic rings. The molecule has 0 bridgehead atoms. The van der Waals surface area contributed by atoms with Crippen molar-refractivity contribution in [3.8, 4) is 0 Å². The Balaban J connectivity index is 3.04. The van der Waals surface area contributed by atoms with Crippen LogP contribution in [0.25, 0.3) is 0 Å². The quantitative estimate of drug-likeness (QED) is 0.859. The van der Waals surface area contributed by atoms with Crippen molar-refractivity contribution in [2.75, 3.05) is 0 Å². The third-order valence-corrected chi connectivity index (χ3v) is 2.83. The molecule has 0 aliphatic rings. The van der Waals surface area contributed by atoms with Crippen LogP contribution in [0.3, 0.4) is 0 Å². The smallest absolute Gasteiger partial charge is 0.391 e. The molecule has 3 N–H and O–H groups in total. The van der Waals surface area contributed by atoms with Gasteiger partial charge in [-0.1, -0.05) is 32.9 Å². The van der Waals surface area contributed by atoms with Crippen LogP contribution in [0.4, 0.5) is 13.2 Å². The number of nitrogens with two attached hydrogens (primary N) is 1. The van der Waals surface area contributed by atoms with Crippen molar-refractivity contribution in [1.82, 2.24) is 0 Å². The molecule has 2 nitrogen and oxygen atoms in total. The van der Waals surface area contributed by atoms with Crippen molar-refractivity contribution in [2.45, 2.75) is 39.1 Å². The molecule has 0 aliphatic heterocycles. The van der Waals surface area contributed by atoms with E-state index in [1.807, 2.05) is 0 Å².